The summed E-state index contributed by atoms with van der Waals surface area (Å²) in [6.45, 7) is 1.94. The molecule has 2 aliphatic heterocycles. The Bertz CT molecular complexity index is 534. The van der Waals surface area contributed by atoms with E-state index in [0.717, 1.165) is 32.4 Å². The second-order valence-electron chi connectivity index (χ2n) is 5.47. The Balaban J connectivity index is 1.73. The van der Waals surface area contributed by atoms with Crippen LogP contribution in [-0.4, -0.2) is 43.2 Å². The van der Waals surface area contributed by atoms with Gasteiger partial charge in [0.25, 0.3) is 0 Å². The van der Waals surface area contributed by atoms with Gasteiger partial charge in [-0.3, -0.25) is 0 Å². The molecule has 0 aromatic carbocycles. The Kier molecular flexibility index (Phi) is 3.58. The second-order valence-corrected chi connectivity index (χ2v) is 7.70. The van der Waals surface area contributed by atoms with Gasteiger partial charge in [0.05, 0.1) is 11.5 Å². The van der Waals surface area contributed by atoms with Crippen molar-refractivity contribution in [2.75, 3.05) is 24.6 Å². The smallest absolute Gasteiger partial charge is 0.229 e. The summed E-state index contributed by atoms with van der Waals surface area (Å²) in [5.41, 5.74) is 0. The summed E-state index contributed by atoms with van der Waals surface area (Å²) in [5.74, 6) is 1.96. The van der Waals surface area contributed by atoms with Gasteiger partial charge < -0.3 is 9.84 Å². The molecule has 0 saturated carbocycles. The molecule has 106 valence electrons. The maximum atomic E-state index is 11.6. The highest BCUT2D eigenvalue weighted by atomic mass is 32.2. The maximum Gasteiger partial charge on any atom is 0.229 e. The van der Waals surface area contributed by atoms with Crippen LogP contribution in [0.15, 0.2) is 4.52 Å². The molecule has 1 N–H and O–H groups in total. The van der Waals surface area contributed by atoms with Crippen LogP contribution in [0.1, 0.15) is 49.2 Å². The van der Waals surface area contributed by atoms with Gasteiger partial charge in [0, 0.05) is 11.8 Å². The molecule has 0 spiro atoms. The number of hydrogen-bond acceptors (Lipinski definition) is 6. The molecular weight excluding hydrogens is 266 g/mol. The van der Waals surface area contributed by atoms with Gasteiger partial charge in [-0.15, -0.1) is 0 Å². The fourth-order valence-corrected chi connectivity index (χ4v) is 4.58. The fourth-order valence-electron chi connectivity index (χ4n) is 2.87. The molecule has 3 rings (SSSR count). The third kappa shape index (κ3) is 2.97. The quantitative estimate of drug-likeness (QED) is 0.866. The van der Waals surface area contributed by atoms with E-state index in [9.17, 15) is 8.42 Å². The van der Waals surface area contributed by atoms with Crippen LogP contribution in [-0.2, 0) is 9.84 Å². The van der Waals surface area contributed by atoms with Crippen molar-refractivity contribution in [3.8, 4) is 0 Å². The third-order valence-corrected chi connectivity index (χ3v) is 5.79. The van der Waals surface area contributed by atoms with Crippen LogP contribution in [0, 0.1) is 0 Å². The minimum absolute atomic E-state index is 0.0852. The lowest BCUT2D eigenvalue weighted by Gasteiger charge is -2.19. The summed E-state index contributed by atoms with van der Waals surface area (Å²) >= 11 is 0. The lowest BCUT2D eigenvalue weighted by molar-refractivity contribution is 0.317. The van der Waals surface area contributed by atoms with Crippen molar-refractivity contribution in [1.29, 1.82) is 0 Å². The Morgan fingerprint density at radius 1 is 1.16 bits per heavy atom. The van der Waals surface area contributed by atoms with Gasteiger partial charge in [-0.2, -0.15) is 4.98 Å². The van der Waals surface area contributed by atoms with Crippen molar-refractivity contribution < 1.29 is 12.9 Å². The van der Waals surface area contributed by atoms with E-state index in [2.05, 4.69) is 15.5 Å². The first-order valence-electron chi connectivity index (χ1n) is 6.89. The standard InChI is InChI=1S/C12H19N3O3S/c16-19(17)7-1-2-10(8-19)11-14-12(18-15-11)9-3-5-13-6-4-9/h9-10,13H,1-8H2. The van der Waals surface area contributed by atoms with Crippen molar-refractivity contribution in [2.24, 2.45) is 0 Å². The molecule has 0 bridgehead atoms. The van der Waals surface area contributed by atoms with Crippen molar-refractivity contribution in [3.05, 3.63) is 11.7 Å². The predicted octanol–water partition coefficient (Wildman–Crippen LogP) is 0.829. The van der Waals surface area contributed by atoms with E-state index in [0.29, 0.717) is 29.8 Å². The number of hydrogen-bond donors (Lipinski definition) is 1. The van der Waals surface area contributed by atoms with Crippen molar-refractivity contribution in [1.82, 2.24) is 15.5 Å². The van der Waals surface area contributed by atoms with Gasteiger partial charge in [-0.1, -0.05) is 5.16 Å². The van der Waals surface area contributed by atoms with Gasteiger partial charge in [0.2, 0.25) is 5.89 Å². The van der Waals surface area contributed by atoms with Gasteiger partial charge in [-0.05, 0) is 38.8 Å². The monoisotopic (exact) mass is 285 g/mol. The van der Waals surface area contributed by atoms with Crippen molar-refractivity contribution in [3.63, 3.8) is 0 Å². The van der Waals surface area contributed by atoms with Crippen molar-refractivity contribution >= 4 is 9.84 Å². The van der Waals surface area contributed by atoms with Crippen LogP contribution in [0.3, 0.4) is 0 Å². The van der Waals surface area contributed by atoms with Gasteiger partial charge in [0.1, 0.15) is 0 Å². The molecule has 1 aromatic rings. The van der Waals surface area contributed by atoms with Crippen LogP contribution >= 0.6 is 0 Å². The third-order valence-electron chi connectivity index (χ3n) is 3.97. The van der Waals surface area contributed by atoms with E-state index < -0.39 is 9.84 Å². The summed E-state index contributed by atoms with van der Waals surface area (Å²) in [6.07, 6.45) is 3.55. The number of nitrogens with zero attached hydrogens (tertiary/aromatic N) is 2. The lowest BCUT2D eigenvalue weighted by atomic mass is 9.98. The summed E-state index contributed by atoms with van der Waals surface area (Å²) < 4.78 is 28.6. The molecule has 2 fully saturated rings. The molecule has 0 radical (unpaired) electrons. The topological polar surface area (TPSA) is 85.1 Å². The van der Waals surface area contributed by atoms with E-state index >= 15 is 0 Å². The summed E-state index contributed by atoms with van der Waals surface area (Å²) in [7, 11) is -2.93. The highest BCUT2D eigenvalue weighted by Gasteiger charge is 2.30. The molecule has 0 amide bonds. The van der Waals surface area contributed by atoms with E-state index in [1.54, 1.807) is 0 Å². The summed E-state index contributed by atoms with van der Waals surface area (Å²) in [4.78, 5) is 4.45. The van der Waals surface area contributed by atoms with Crippen LogP contribution in [0.25, 0.3) is 0 Å². The number of nitrogens with one attached hydrogen (secondary N) is 1. The van der Waals surface area contributed by atoms with Crippen LogP contribution in [0.2, 0.25) is 0 Å². The Labute approximate surface area is 112 Å². The average molecular weight is 285 g/mol. The molecule has 1 aromatic heterocycles. The molecule has 0 aliphatic carbocycles. The SMILES string of the molecule is O=S1(=O)CCCC(c2noc(C3CCNCC3)n2)C1. The van der Waals surface area contributed by atoms with E-state index in [-0.39, 0.29) is 11.7 Å². The highest BCUT2D eigenvalue weighted by Crippen LogP contribution is 2.29. The van der Waals surface area contributed by atoms with Gasteiger partial charge in [-0.25, -0.2) is 8.42 Å². The Hall–Kier alpha value is -0.950. The van der Waals surface area contributed by atoms with Gasteiger partial charge >= 0.3 is 0 Å². The number of piperidine rings is 1. The molecule has 2 saturated heterocycles. The number of rotatable bonds is 2. The number of aromatic nitrogens is 2. The molecule has 19 heavy (non-hydrogen) atoms. The Morgan fingerprint density at radius 3 is 2.68 bits per heavy atom. The maximum absolute atomic E-state index is 11.6. The zero-order valence-corrected chi connectivity index (χ0v) is 11.7. The average Bonchev–Trinajstić information content (AvgIpc) is 2.88. The number of sulfone groups is 1. The molecule has 3 heterocycles. The van der Waals surface area contributed by atoms with Crippen molar-refractivity contribution in [2.45, 2.75) is 37.5 Å². The second kappa shape index (κ2) is 5.20. The Morgan fingerprint density at radius 2 is 1.95 bits per heavy atom. The zero-order chi connectivity index (χ0) is 13.3. The summed E-state index contributed by atoms with van der Waals surface area (Å²) in [5, 5.41) is 7.31. The lowest BCUT2D eigenvalue weighted by Crippen LogP contribution is -2.27. The zero-order valence-electron chi connectivity index (χ0n) is 10.8. The minimum atomic E-state index is -2.93. The first-order valence-corrected chi connectivity index (χ1v) is 8.71. The first-order chi connectivity index (χ1) is 9.14. The molecule has 6 nitrogen and oxygen atoms in total. The molecule has 1 atom stereocenters. The van der Waals surface area contributed by atoms with Crippen LogP contribution in [0.4, 0.5) is 0 Å². The van der Waals surface area contributed by atoms with E-state index in [1.165, 1.54) is 0 Å². The molecule has 7 heteroatoms. The molecular formula is C12H19N3O3S. The molecule has 2 aliphatic rings. The van der Waals surface area contributed by atoms with Crippen LogP contribution in [0.5, 0.6) is 0 Å². The fraction of sp³-hybridized carbons (Fsp3) is 0.833. The highest BCUT2D eigenvalue weighted by molar-refractivity contribution is 7.91. The van der Waals surface area contributed by atoms with Gasteiger partial charge in [0.15, 0.2) is 15.7 Å². The summed E-state index contributed by atoms with van der Waals surface area (Å²) in [6, 6.07) is 0. The van der Waals surface area contributed by atoms with E-state index in [4.69, 9.17) is 4.52 Å². The predicted molar refractivity (Wildman–Crippen MR) is 69.8 cm³/mol. The first kappa shape index (κ1) is 13.1. The molecule has 1 unspecified atom stereocenters. The normalized spacial score (nSPS) is 28.3. The van der Waals surface area contributed by atoms with E-state index in [1.807, 2.05) is 0 Å². The largest absolute Gasteiger partial charge is 0.339 e. The van der Waals surface area contributed by atoms with Crippen LogP contribution < -0.4 is 5.32 Å². The minimum Gasteiger partial charge on any atom is -0.339 e.